The van der Waals surface area contributed by atoms with Gasteiger partial charge in [0, 0.05) is 13.0 Å². The van der Waals surface area contributed by atoms with E-state index in [0.29, 0.717) is 31.7 Å². The summed E-state index contributed by atoms with van der Waals surface area (Å²) in [5.41, 5.74) is 0.557. The van der Waals surface area contributed by atoms with Gasteiger partial charge in [-0.15, -0.1) is 0 Å². The Morgan fingerprint density at radius 1 is 1.43 bits per heavy atom. The molecule has 1 saturated heterocycles. The van der Waals surface area contributed by atoms with E-state index in [4.69, 9.17) is 4.74 Å². The van der Waals surface area contributed by atoms with E-state index in [9.17, 15) is 13.6 Å². The van der Waals surface area contributed by atoms with Gasteiger partial charge in [0.1, 0.15) is 6.10 Å². The molecule has 2 rings (SSSR count). The fourth-order valence-corrected chi connectivity index (χ4v) is 2.36. The van der Waals surface area contributed by atoms with E-state index in [2.05, 4.69) is 5.32 Å². The smallest absolute Gasteiger partial charge is 0.222 e. The lowest BCUT2D eigenvalue weighted by Crippen LogP contribution is -2.42. The van der Waals surface area contributed by atoms with Crippen LogP contribution in [0.15, 0.2) is 18.2 Å². The maximum absolute atomic E-state index is 13.3. The van der Waals surface area contributed by atoms with Crippen LogP contribution < -0.4 is 5.32 Å². The normalized spacial score (nSPS) is 18.8. The van der Waals surface area contributed by atoms with E-state index < -0.39 is 17.7 Å². The molecule has 0 bridgehead atoms. The third kappa shape index (κ3) is 4.22. The van der Waals surface area contributed by atoms with Crippen LogP contribution >= 0.6 is 0 Å². The van der Waals surface area contributed by atoms with Gasteiger partial charge in [-0.05, 0) is 37.7 Å². The van der Waals surface area contributed by atoms with Crippen LogP contribution in [-0.2, 0) is 9.53 Å². The standard InChI is InChI=1S/C15H20F2N2O2/c1-18-6-2-3-15(20)19-7-8-21-14(10-19)11-4-5-12(16)13(17)9-11/h4-5,9,14,18H,2-3,6-8,10H2,1H3. The van der Waals surface area contributed by atoms with E-state index in [0.717, 1.165) is 25.1 Å². The molecule has 1 unspecified atom stereocenters. The molecule has 21 heavy (non-hydrogen) atoms. The summed E-state index contributed by atoms with van der Waals surface area (Å²) in [7, 11) is 1.85. The van der Waals surface area contributed by atoms with Gasteiger partial charge in [-0.2, -0.15) is 0 Å². The van der Waals surface area contributed by atoms with Crippen LogP contribution in [0.1, 0.15) is 24.5 Å². The van der Waals surface area contributed by atoms with Crippen molar-refractivity contribution in [2.45, 2.75) is 18.9 Å². The van der Waals surface area contributed by atoms with Crippen molar-refractivity contribution in [2.75, 3.05) is 33.3 Å². The minimum absolute atomic E-state index is 0.0705. The largest absolute Gasteiger partial charge is 0.370 e. The van der Waals surface area contributed by atoms with Crippen LogP contribution in [0.2, 0.25) is 0 Å². The van der Waals surface area contributed by atoms with Gasteiger partial charge in [0.05, 0.1) is 13.2 Å². The molecule has 4 nitrogen and oxygen atoms in total. The topological polar surface area (TPSA) is 41.6 Å². The van der Waals surface area contributed by atoms with Crippen molar-refractivity contribution in [3.05, 3.63) is 35.4 Å². The summed E-state index contributed by atoms with van der Waals surface area (Å²) < 4.78 is 31.8. The Morgan fingerprint density at radius 2 is 2.24 bits per heavy atom. The van der Waals surface area contributed by atoms with Gasteiger partial charge in [0.15, 0.2) is 11.6 Å². The SMILES string of the molecule is CNCCCC(=O)N1CCOC(c2ccc(F)c(F)c2)C1. The Labute approximate surface area is 123 Å². The predicted molar refractivity (Wildman–Crippen MR) is 74.8 cm³/mol. The number of hydrogen-bond donors (Lipinski definition) is 1. The van der Waals surface area contributed by atoms with Crippen molar-refractivity contribution in [3.63, 3.8) is 0 Å². The molecule has 1 aliphatic rings. The summed E-state index contributed by atoms with van der Waals surface area (Å²) in [6.07, 6.45) is 0.857. The lowest BCUT2D eigenvalue weighted by molar-refractivity contribution is -0.139. The maximum Gasteiger partial charge on any atom is 0.222 e. The Hall–Kier alpha value is -1.53. The van der Waals surface area contributed by atoms with Gasteiger partial charge < -0.3 is 15.0 Å². The first-order valence-electron chi connectivity index (χ1n) is 7.10. The molecule has 1 aromatic rings. The number of ether oxygens (including phenoxy) is 1. The van der Waals surface area contributed by atoms with Crippen molar-refractivity contribution in [2.24, 2.45) is 0 Å². The Kier molecular flexibility index (Phi) is 5.64. The van der Waals surface area contributed by atoms with Crippen molar-refractivity contribution in [1.29, 1.82) is 0 Å². The summed E-state index contributed by atoms with van der Waals surface area (Å²) in [6.45, 7) is 2.12. The molecule has 116 valence electrons. The zero-order valence-electron chi connectivity index (χ0n) is 12.1. The number of carbonyl (C=O) groups excluding carboxylic acids is 1. The van der Waals surface area contributed by atoms with Gasteiger partial charge in [-0.3, -0.25) is 4.79 Å². The third-order valence-corrected chi connectivity index (χ3v) is 3.55. The molecule has 1 atom stereocenters. The molecule has 1 amide bonds. The minimum Gasteiger partial charge on any atom is -0.370 e. The number of nitrogens with one attached hydrogen (secondary N) is 1. The monoisotopic (exact) mass is 298 g/mol. The zero-order valence-corrected chi connectivity index (χ0v) is 12.1. The Bertz CT molecular complexity index is 497. The molecule has 0 radical (unpaired) electrons. The van der Waals surface area contributed by atoms with Crippen LogP contribution in [-0.4, -0.2) is 44.1 Å². The highest BCUT2D eigenvalue weighted by Crippen LogP contribution is 2.24. The molecule has 0 aliphatic carbocycles. The molecule has 1 aliphatic heterocycles. The second-order valence-electron chi connectivity index (χ2n) is 5.08. The number of amides is 1. The average Bonchev–Trinajstić information content (AvgIpc) is 2.50. The number of benzene rings is 1. The second-order valence-corrected chi connectivity index (χ2v) is 5.08. The molecular formula is C15H20F2N2O2. The summed E-state index contributed by atoms with van der Waals surface area (Å²) in [5.74, 6) is -1.70. The van der Waals surface area contributed by atoms with Crippen molar-refractivity contribution < 1.29 is 18.3 Å². The Morgan fingerprint density at radius 3 is 2.95 bits per heavy atom. The fraction of sp³-hybridized carbons (Fsp3) is 0.533. The van der Waals surface area contributed by atoms with Crippen LogP contribution in [0.25, 0.3) is 0 Å². The zero-order chi connectivity index (χ0) is 15.2. The summed E-state index contributed by atoms with van der Waals surface area (Å²) in [6, 6.07) is 3.72. The lowest BCUT2D eigenvalue weighted by Gasteiger charge is -2.33. The highest BCUT2D eigenvalue weighted by Gasteiger charge is 2.25. The fourth-order valence-electron chi connectivity index (χ4n) is 2.36. The molecule has 6 heteroatoms. The van der Waals surface area contributed by atoms with Gasteiger partial charge >= 0.3 is 0 Å². The highest BCUT2D eigenvalue weighted by molar-refractivity contribution is 5.76. The van der Waals surface area contributed by atoms with Gasteiger partial charge in [-0.25, -0.2) is 8.78 Å². The highest BCUT2D eigenvalue weighted by atomic mass is 19.2. The maximum atomic E-state index is 13.3. The minimum atomic E-state index is -0.895. The number of carbonyl (C=O) groups is 1. The van der Waals surface area contributed by atoms with Crippen LogP contribution in [0.3, 0.4) is 0 Å². The molecule has 1 aromatic carbocycles. The third-order valence-electron chi connectivity index (χ3n) is 3.55. The first-order chi connectivity index (χ1) is 10.1. The van der Waals surface area contributed by atoms with Gasteiger partial charge in [-0.1, -0.05) is 6.07 Å². The van der Waals surface area contributed by atoms with E-state index in [1.54, 1.807) is 4.90 Å². The number of rotatable bonds is 5. The van der Waals surface area contributed by atoms with Crippen LogP contribution in [0, 0.1) is 11.6 Å². The molecule has 1 heterocycles. The summed E-state index contributed by atoms with van der Waals surface area (Å²) in [5, 5.41) is 3.00. The Balaban J connectivity index is 1.96. The van der Waals surface area contributed by atoms with E-state index >= 15 is 0 Å². The average molecular weight is 298 g/mol. The van der Waals surface area contributed by atoms with Crippen molar-refractivity contribution >= 4 is 5.91 Å². The number of morpholine rings is 1. The van der Waals surface area contributed by atoms with E-state index in [1.807, 2.05) is 7.05 Å². The number of hydrogen-bond acceptors (Lipinski definition) is 3. The molecule has 0 spiro atoms. The quantitative estimate of drug-likeness (QED) is 0.844. The predicted octanol–water partition coefficient (Wildman–Crippen LogP) is 1.86. The summed E-state index contributed by atoms with van der Waals surface area (Å²) >= 11 is 0. The molecule has 1 fully saturated rings. The first kappa shape index (κ1) is 15.9. The first-order valence-corrected chi connectivity index (χ1v) is 7.10. The van der Waals surface area contributed by atoms with E-state index in [-0.39, 0.29) is 5.91 Å². The second kappa shape index (κ2) is 7.47. The van der Waals surface area contributed by atoms with Gasteiger partial charge in [0.2, 0.25) is 5.91 Å². The number of halogens is 2. The number of nitrogens with zero attached hydrogens (tertiary/aromatic N) is 1. The molecule has 0 saturated carbocycles. The van der Waals surface area contributed by atoms with Crippen LogP contribution in [0.4, 0.5) is 8.78 Å². The molecular weight excluding hydrogens is 278 g/mol. The lowest BCUT2D eigenvalue weighted by atomic mass is 10.1. The van der Waals surface area contributed by atoms with Gasteiger partial charge in [0.25, 0.3) is 0 Å². The molecule has 1 N–H and O–H groups in total. The van der Waals surface area contributed by atoms with Crippen molar-refractivity contribution in [3.8, 4) is 0 Å². The van der Waals surface area contributed by atoms with Crippen LogP contribution in [0.5, 0.6) is 0 Å². The van der Waals surface area contributed by atoms with Crippen molar-refractivity contribution in [1.82, 2.24) is 10.2 Å². The summed E-state index contributed by atoms with van der Waals surface area (Å²) in [4.78, 5) is 13.8. The molecule has 0 aromatic heterocycles. The van der Waals surface area contributed by atoms with E-state index in [1.165, 1.54) is 6.07 Å².